The minimum absolute atomic E-state index is 0.827. The molecule has 120 valence electrons. The maximum Gasteiger partial charge on any atom is 0.169 e. The number of pyridine rings is 1. The Labute approximate surface area is 145 Å². The summed E-state index contributed by atoms with van der Waals surface area (Å²) in [7, 11) is 0. The Bertz CT molecular complexity index is 1020. The number of imidazole rings is 1. The first-order chi connectivity index (χ1) is 11.7. The smallest absolute Gasteiger partial charge is 0.169 e. The monoisotopic (exact) mass is 333 g/mol. The molecule has 0 atom stereocenters. The molecule has 2 heterocycles. The van der Waals surface area contributed by atoms with Gasteiger partial charge in [0.25, 0.3) is 0 Å². The SMILES string of the molecule is CCn1c(SCc2ccc3ccccc3n2)nc2ccc(C)cc21. The number of nitrogens with zero attached hydrogens (tertiary/aromatic N) is 3. The fourth-order valence-corrected chi connectivity index (χ4v) is 3.94. The van der Waals surface area contributed by atoms with Gasteiger partial charge in [0.15, 0.2) is 5.16 Å². The summed E-state index contributed by atoms with van der Waals surface area (Å²) >= 11 is 1.75. The fraction of sp³-hybridized carbons (Fsp3) is 0.200. The molecule has 0 aliphatic carbocycles. The molecule has 0 N–H and O–H groups in total. The van der Waals surface area contributed by atoms with Crippen LogP contribution in [0.5, 0.6) is 0 Å². The summed E-state index contributed by atoms with van der Waals surface area (Å²) in [5.74, 6) is 0.827. The van der Waals surface area contributed by atoms with E-state index in [2.05, 4.69) is 60.9 Å². The molecule has 0 amide bonds. The third kappa shape index (κ3) is 2.78. The highest BCUT2D eigenvalue weighted by Gasteiger charge is 2.11. The summed E-state index contributed by atoms with van der Waals surface area (Å²) < 4.78 is 2.29. The van der Waals surface area contributed by atoms with Gasteiger partial charge in [0, 0.05) is 17.7 Å². The Kier molecular flexibility index (Phi) is 3.98. The van der Waals surface area contributed by atoms with Gasteiger partial charge in [0.05, 0.1) is 22.2 Å². The second-order valence-corrected chi connectivity index (χ2v) is 6.86. The normalized spacial score (nSPS) is 11.4. The van der Waals surface area contributed by atoms with Gasteiger partial charge in [-0.1, -0.05) is 42.1 Å². The second kappa shape index (κ2) is 6.29. The number of aryl methyl sites for hydroxylation is 2. The number of aromatic nitrogens is 3. The maximum atomic E-state index is 4.80. The minimum Gasteiger partial charge on any atom is -0.319 e. The van der Waals surface area contributed by atoms with Crippen LogP contribution in [0, 0.1) is 6.92 Å². The molecule has 4 rings (SSSR count). The molecule has 0 spiro atoms. The van der Waals surface area contributed by atoms with E-state index in [9.17, 15) is 0 Å². The standard InChI is InChI=1S/C20H19N3S/c1-3-23-19-12-14(2)8-11-18(19)22-20(23)24-13-16-10-9-15-6-4-5-7-17(15)21-16/h4-12H,3,13H2,1-2H3. The summed E-state index contributed by atoms with van der Waals surface area (Å²) in [4.78, 5) is 9.56. The van der Waals surface area contributed by atoms with Crippen LogP contribution in [0.1, 0.15) is 18.2 Å². The van der Waals surface area contributed by atoms with Gasteiger partial charge >= 0.3 is 0 Å². The zero-order valence-electron chi connectivity index (χ0n) is 13.9. The van der Waals surface area contributed by atoms with Crippen molar-refractivity contribution in [2.24, 2.45) is 0 Å². The molecule has 0 aliphatic rings. The Morgan fingerprint density at radius 3 is 2.71 bits per heavy atom. The number of rotatable bonds is 4. The van der Waals surface area contributed by atoms with Gasteiger partial charge in [-0.2, -0.15) is 0 Å². The van der Waals surface area contributed by atoms with Crippen LogP contribution < -0.4 is 0 Å². The summed E-state index contributed by atoms with van der Waals surface area (Å²) in [5, 5.41) is 2.25. The first kappa shape index (κ1) is 15.2. The zero-order chi connectivity index (χ0) is 16.5. The Hall–Kier alpha value is -2.33. The van der Waals surface area contributed by atoms with E-state index in [0.29, 0.717) is 0 Å². The van der Waals surface area contributed by atoms with Crippen LogP contribution in [-0.4, -0.2) is 14.5 Å². The average Bonchev–Trinajstić information content (AvgIpc) is 2.96. The lowest BCUT2D eigenvalue weighted by Gasteiger charge is -2.06. The highest BCUT2D eigenvalue weighted by atomic mass is 32.2. The third-order valence-electron chi connectivity index (χ3n) is 4.19. The molecular weight excluding hydrogens is 314 g/mol. The number of hydrogen-bond acceptors (Lipinski definition) is 3. The van der Waals surface area contributed by atoms with Crippen molar-refractivity contribution in [2.75, 3.05) is 0 Å². The Morgan fingerprint density at radius 2 is 1.83 bits per heavy atom. The van der Waals surface area contributed by atoms with E-state index in [4.69, 9.17) is 9.97 Å². The summed E-state index contributed by atoms with van der Waals surface area (Å²) in [6.07, 6.45) is 0. The van der Waals surface area contributed by atoms with E-state index in [1.165, 1.54) is 16.5 Å². The topological polar surface area (TPSA) is 30.7 Å². The molecule has 0 fully saturated rings. The van der Waals surface area contributed by atoms with E-state index in [1.54, 1.807) is 11.8 Å². The molecule has 0 unspecified atom stereocenters. The van der Waals surface area contributed by atoms with Gasteiger partial charge in [-0.15, -0.1) is 0 Å². The van der Waals surface area contributed by atoms with Crippen LogP contribution >= 0.6 is 11.8 Å². The first-order valence-electron chi connectivity index (χ1n) is 8.19. The minimum atomic E-state index is 0.827. The molecule has 0 saturated heterocycles. The van der Waals surface area contributed by atoms with E-state index in [-0.39, 0.29) is 0 Å². The highest BCUT2D eigenvalue weighted by molar-refractivity contribution is 7.98. The summed E-state index contributed by atoms with van der Waals surface area (Å²) in [5.41, 5.74) is 5.69. The highest BCUT2D eigenvalue weighted by Crippen LogP contribution is 2.27. The van der Waals surface area contributed by atoms with Gasteiger partial charge in [0.2, 0.25) is 0 Å². The number of hydrogen-bond donors (Lipinski definition) is 0. The van der Waals surface area contributed by atoms with Crippen molar-refractivity contribution in [3.8, 4) is 0 Å². The number of fused-ring (bicyclic) bond motifs is 2. The maximum absolute atomic E-state index is 4.80. The molecule has 0 radical (unpaired) electrons. The van der Waals surface area contributed by atoms with Gasteiger partial charge < -0.3 is 4.57 Å². The van der Waals surface area contributed by atoms with Crippen LogP contribution in [0.2, 0.25) is 0 Å². The van der Waals surface area contributed by atoms with Gasteiger partial charge in [-0.05, 0) is 43.7 Å². The average molecular weight is 333 g/mol. The van der Waals surface area contributed by atoms with Gasteiger partial charge in [-0.25, -0.2) is 4.98 Å². The molecule has 4 heteroatoms. The molecule has 0 saturated carbocycles. The zero-order valence-corrected chi connectivity index (χ0v) is 14.7. The summed E-state index contributed by atoms with van der Waals surface area (Å²) in [6.45, 7) is 5.22. The van der Waals surface area contributed by atoms with Crippen molar-refractivity contribution in [3.63, 3.8) is 0 Å². The third-order valence-corrected chi connectivity index (χ3v) is 5.20. The second-order valence-electron chi connectivity index (χ2n) is 5.91. The molecule has 3 nitrogen and oxygen atoms in total. The van der Waals surface area contributed by atoms with E-state index in [0.717, 1.165) is 34.2 Å². The molecular formula is C20H19N3S. The number of thioether (sulfide) groups is 1. The van der Waals surface area contributed by atoms with Crippen molar-refractivity contribution in [2.45, 2.75) is 31.3 Å². The van der Waals surface area contributed by atoms with Crippen LogP contribution in [0.3, 0.4) is 0 Å². The van der Waals surface area contributed by atoms with Crippen LogP contribution in [0.15, 0.2) is 59.8 Å². The van der Waals surface area contributed by atoms with Crippen molar-refractivity contribution >= 4 is 33.7 Å². The molecule has 0 aliphatic heterocycles. The van der Waals surface area contributed by atoms with Crippen molar-refractivity contribution in [1.82, 2.24) is 14.5 Å². The largest absolute Gasteiger partial charge is 0.319 e. The lowest BCUT2D eigenvalue weighted by Crippen LogP contribution is -1.97. The van der Waals surface area contributed by atoms with E-state index in [1.807, 2.05) is 12.1 Å². The van der Waals surface area contributed by atoms with Crippen LogP contribution in [0.4, 0.5) is 0 Å². The summed E-state index contributed by atoms with van der Waals surface area (Å²) in [6, 6.07) is 18.9. The predicted molar refractivity (Wildman–Crippen MR) is 101 cm³/mol. The van der Waals surface area contributed by atoms with Crippen molar-refractivity contribution in [1.29, 1.82) is 0 Å². The molecule has 0 bridgehead atoms. The van der Waals surface area contributed by atoms with E-state index < -0.39 is 0 Å². The van der Waals surface area contributed by atoms with Gasteiger partial charge in [0.1, 0.15) is 0 Å². The Morgan fingerprint density at radius 1 is 0.958 bits per heavy atom. The first-order valence-corrected chi connectivity index (χ1v) is 9.17. The van der Waals surface area contributed by atoms with Crippen LogP contribution in [-0.2, 0) is 12.3 Å². The number of benzene rings is 2. The molecule has 2 aromatic heterocycles. The number of para-hydroxylation sites is 1. The fourth-order valence-electron chi connectivity index (χ4n) is 2.95. The van der Waals surface area contributed by atoms with Crippen molar-refractivity contribution < 1.29 is 0 Å². The van der Waals surface area contributed by atoms with Gasteiger partial charge in [-0.3, -0.25) is 4.98 Å². The van der Waals surface area contributed by atoms with Crippen molar-refractivity contribution in [3.05, 3.63) is 65.9 Å². The molecule has 24 heavy (non-hydrogen) atoms. The quantitative estimate of drug-likeness (QED) is 0.481. The van der Waals surface area contributed by atoms with E-state index >= 15 is 0 Å². The molecule has 4 aromatic rings. The lowest BCUT2D eigenvalue weighted by molar-refractivity contribution is 0.702. The molecule has 2 aromatic carbocycles. The predicted octanol–water partition coefficient (Wildman–Crippen LogP) is 5.21. The van der Waals surface area contributed by atoms with Crippen LogP contribution in [0.25, 0.3) is 21.9 Å². The lowest BCUT2D eigenvalue weighted by atomic mass is 10.2. The Balaban J connectivity index is 1.63.